The molecule has 4 heteroatoms. The Morgan fingerprint density at radius 1 is 1.73 bits per heavy atom. The van der Waals surface area contributed by atoms with Gasteiger partial charge in [0.1, 0.15) is 0 Å². The van der Waals surface area contributed by atoms with Crippen LogP contribution in [-0.4, -0.2) is 43.8 Å². The van der Waals surface area contributed by atoms with Gasteiger partial charge in [-0.15, -0.1) is 0 Å². The lowest BCUT2D eigenvalue weighted by Gasteiger charge is -2.37. The Hall–Kier alpha value is -0.770. The quantitative estimate of drug-likeness (QED) is 0.616. The second-order valence-corrected chi connectivity index (χ2v) is 2.60. The van der Waals surface area contributed by atoms with Gasteiger partial charge in [0, 0.05) is 13.7 Å². The van der Waals surface area contributed by atoms with E-state index < -0.39 is 0 Å². The van der Waals surface area contributed by atoms with Crippen molar-refractivity contribution in [2.75, 3.05) is 26.7 Å². The summed E-state index contributed by atoms with van der Waals surface area (Å²) in [4.78, 5) is 12.8. The Morgan fingerprint density at radius 2 is 2.36 bits per heavy atom. The normalized spacial score (nSPS) is 17.8. The second kappa shape index (κ2) is 3.57. The fourth-order valence-corrected chi connectivity index (χ4v) is 1.02. The van der Waals surface area contributed by atoms with E-state index >= 15 is 0 Å². The molecule has 0 saturated carbocycles. The van der Waals surface area contributed by atoms with Crippen LogP contribution in [0.25, 0.3) is 0 Å². The molecule has 0 radical (unpaired) electrons. The predicted octanol–water partition coefficient (Wildman–Crippen LogP) is 0.0465. The van der Waals surface area contributed by atoms with Gasteiger partial charge < -0.3 is 15.0 Å². The van der Waals surface area contributed by atoms with Crippen molar-refractivity contribution in [1.82, 2.24) is 10.2 Å². The van der Waals surface area contributed by atoms with E-state index in [0.29, 0.717) is 6.54 Å². The summed E-state index contributed by atoms with van der Waals surface area (Å²) < 4.78 is 5.02. The molecule has 4 nitrogen and oxygen atoms in total. The molecule has 1 N–H and O–H groups in total. The van der Waals surface area contributed by atoms with Crippen LogP contribution in [0, 0.1) is 0 Å². The molecule has 0 aromatic carbocycles. The summed E-state index contributed by atoms with van der Waals surface area (Å²) in [6, 6.07) is 0.0146. The number of urea groups is 1. The highest BCUT2D eigenvalue weighted by molar-refractivity contribution is 5.75. The average molecular weight is 158 g/mol. The lowest BCUT2D eigenvalue weighted by molar-refractivity contribution is -0.00752. The van der Waals surface area contributed by atoms with Gasteiger partial charge in [0.15, 0.2) is 0 Å². The molecular formula is C7H14N2O2. The first-order chi connectivity index (χ1) is 5.27. The first-order valence-electron chi connectivity index (χ1n) is 3.83. The molecule has 0 aromatic rings. The molecule has 0 bridgehead atoms. The zero-order valence-corrected chi connectivity index (χ0v) is 6.96. The fourth-order valence-electron chi connectivity index (χ4n) is 1.02. The Kier molecular flexibility index (Phi) is 2.70. The number of ether oxygens (including phenoxy) is 1. The number of rotatable bonds is 2. The number of nitrogens with one attached hydrogen (secondary N) is 1. The molecule has 1 aliphatic rings. The molecule has 0 spiro atoms. The molecule has 1 aliphatic heterocycles. The maximum atomic E-state index is 11.0. The zero-order chi connectivity index (χ0) is 8.27. The molecule has 64 valence electrons. The third-order valence-corrected chi connectivity index (χ3v) is 1.80. The van der Waals surface area contributed by atoms with Crippen LogP contribution in [0.15, 0.2) is 0 Å². The standard InChI is InChI=1S/C7H14N2O2/c1-3-8-7(10)9-4-6(5-9)11-2/h6H,3-5H2,1-2H3,(H,8,10). The van der Waals surface area contributed by atoms with Gasteiger partial charge in [0.25, 0.3) is 0 Å². The van der Waals surface area contributed by atoms with E-state index in [2.05, 4.69) is 5.32 Å². The van der Waals surface area contributed by atoms with Crippen LogP contribution >= 0.6 is 0 Å². The number of nitrogens with zero attached hydrogens (tertiary/aromatic N) is 1. The summed E-state index contributed by atoms with van der Waals surface area (Å²) in [5, 5.41) is 2.72. The highest BCUT2D eigenvalue weighted by Gasteiger charge is 2.29. The third-order valence-electron chi connectivity index (χ3n) is 1.80. The minimum atomic E-state index is 0.0146. The lowest BCUT2D eigenvalue weighted by atomic mass is 10.2. The van der Waals surface area contributed by atoms with Crippen LogP contribution in [0.1, 0.15) is 6.92 Å². The van der Waals surface area contributed by atoms with Crippen LogP contribution in [0.4, 0.5) is 4.79 Å². The van der Waals surface area contributed by atoms with Gasteiger partial charge in [-0.3, -0.25) is 0 Å². The average Bonchev–Trinajstić information content (AvgIpc) is 1.86. The largest absolute Gasteiger partial charge is 0.378 e. The van der Waals surface area contributed by atoms with Crippen LogP contribution < -0.4 is 5.32 Å². The van der Waals surface area contributed by atoms with E-state index in [1.54, 1.807) is 12.0 Å². The van der Waals surface area contributed by atoms with E-state index in [9.17, 15) is 4.79 Å². The van der Waals surface area contributed by atoms with Crippen LogP contribution in [-0.2, 0) is 4.74 Å². The Bertz CT molecular complexity index is 143. The van der Waals surface area contributed by atoms with Crippen molar-refractivity contribution >= 4 is 6.03 Å². The van der Waals surface area contributed by atoms with Crippen molar-refractivity contribution in [3.63, 3.8) is 0 Å². The maximum absolute atomic E-state index is 11.0. The molecule has 2 amide bonds. The lowest BCUT2D eigenvalue weighted by Crippen LogP contribution is -2.57. The van der Waals surface area contributed by atoms with Crippen molar-refractivity contribution in [1.29, 1.82) is 0 Å². The molecule has 11 heavy (non-hydrogen) atoms. The Morgan fingerprint density at radius 3 is 2.82 bits per heavy atom. The monoisotopic (exact) mass is 158 g/mol. The van der Waals surface area contributed by atoms with Gasteiger partial charge in [-0.25, -0.2) is 4.79 Å². The molecule has 0 aromatic heterocycles. The minimum absolute atomic E-state index is 0.0146. The first kappa shape index (κ1) is 8.33. The van der Waals surface area contributed by atoms with Gasteiger partial charge in [-0.2, -0.15) is 0 Å². The topological polar surface area (TPSA) is 41.6 Å². The molecule has 0 unspecified atom stereocenters. The summed E-state index contributed by atoms with van der Waals surface area (Å²) >= 11 is 0. The number of carbonyl (C=O) groups is 1. The molecule has 0 aliphatic carbocycles. The summed E-state index contributed by atoms with van der Waals surface area (Å²) in [6.45, 7) is 4.04. The van der Waals surface area contributed by atoms with E-state index in [0.717, 1.165) is 13.1 Å². The molecule has 1 rings (SSSR count). The van der Waals surface area contributed by atoms with E-state index in [1.165, 1.54) is 0 Å². The maximum Gasteiger partial charge on any atom is 0.317 e. The highest BCUT2D eigenvalue weighted by atomic mass is 16.5. The Balaban J connectivity index is 2.16. The SMILES string of the molecule is CCNC(=O)N1CC(OC)C1. The molecule has 1 fully saturated rings. The molecule has 1 heterocycles. The van der Waals surface area contributed by atoms with Crippen LogP contribution in [0.3, 0.4) is 0 Å². The first-order valence-corrected chi connectivity index (χ1v) is 3.83. The number of amides is 2. The second-order valence-electron chi connectivity index (χ2n) is 2.60. The molecular weight excluding hydrogens is 144 g/mol. The highest BCUT2D eigenvalue weighted by Crippen LogP contribution is 2.09. The number of hydrogen-bond acceptors (Lipinski definition) is 2. The van der Waals surface area contributed by atoms with Gasteiger partial charge in [0.05, 0.1) is 19.2 Å². The smallest absolute Gasteiger partial charge is 0.317 e. The van der Waals surface area contributed by atoms with Crippen molar-refractivity contribution in [2.24, 2.45) is 0 Å². The van der Waals surface area contributed by atoms with Gasteiger partial charge in [0.2, 0.25) is 0 Å². The molecule has 1 saturated heterocycles. The van der Waals surface area contributed by atoms with Gasteiger partial charge >= 0.3 is 6.03 Å². The number of carbonyl (C=O) groups excluding carboxylic acids is 1. The van der Waals surface area contributed by atoms with Crippen LogP contribution in [0.2, 0.25) is 0 Å². The van der Waals surface area contributed by atoms with Gasteiger partial charge in [-0.1, -0.05) is 0 Å². The number of likely N-dealkylation sites (tertiary alicyclic amines) is 1. The van der Waals surface area contributed by atoms with Crippen molar-refractivity contribution in [3.05, 3.63) is 0 Å². The van der Waals surface area contributed by atoms with Crippen molar-refractivity contribution in [3.8, 4) is 0 Å². The Labute approximate surface area is 66.5 Å². The minimum Gasteiger partial charge on any atom is -0.378 e. The zero-order valence-electron chi connectivity index (χ0n) is 6.96. The fraction of sp³-hybridized carbons (Fsp3) is 0.857. The van der Waals surface area contributed by atoms with Crippen molar-refractivity contribution < 1.29 is 9.53 Å². The van der Waals surface area contributed by atoms with Crippen molar-refractivity contribution in [2.45, 2.75) is 13.0 Å². The summed E-state index contributed by atoms with van der Waals surface area (Å²) in [7, 11) is 1.67. The van der Waals surface area contributed by atoms with E-state index in [4.69, 9.17) is 4.74 Å². The summed E-state index contributed by atoms with van der Waals surface area (Å²) in [6.07, 6.45) is 0.248. The number of hydrogen-bond donors (Lipinski definition) is 1. The van der Waals surface area contributed by atoms with Crippen LogP contribution in [0.5, 0.6) is 0 Å². The number of methoxy groups -OCH3 is 1. The summed E-state index contributed by atoms with van der Waals surface area (Å²) in [5.74, 6) is 0. The molecule has 0 atom stereocenters. The third kappa shape index (κ3) is 1.83. The predicted molar refractivity (Wildman–Crippen MR) is 41.4 cm³/mol. The van der Waals surface area contributed by atoms with Gasteiger partial charge in [-0.05, 0) is 6.92 Å². The summed E-state index contributed by atoms with van der Waals surface area (Å²) in [5.41, 5.74) is 0. The van der Waals surface area contributed by atoms with E-state index in [1.807, 2.05) is 6.92 Å². The van der Waals surface area contributed by atoms with E-state index in [-0.39, 0.29) is 12.1 Å².